The van der Waals surface area contributed by atoms with Gasteiger partial charge in [-0.3, -0.25) is 9.88 Å². The molecule has 0 aliphatic carbocycles. The summed E-state index contributed by atoms with van der Waals surface area (Å²) in [5, 5.41) is 2.14. The van der Waals surface area contributed by atoms with Gasteiger partial charge in [0.2, 0.25) is 0 Å². The topological polar surface area (TPSA) is 42.1 Å². The minimum Gasteiger partial charge on any atom is -0.326 e. The fourth-order valence-corrected chi connectivity index (χ4v) is 4.21. The molecule has 1 saturated heterocycles. The van der Waals surface area contributed by atoms with E-state index in [9.17, 15) is 0 Å². The summed E-state index contributed by atoms with van der Waals surface area (Å²) in [6, 6.07) is 9.52. The standard InChI is InChI=1S/C16H21N3S/c1-12(17)16(15-5-3-11-20-15)19-10-2-4-14(19)13-6-8-18-9-7-13/h3,5-9,11-12,14,16H,2,4,10,17H2,1H3. The van der Waals surface area contributed by atoms with Gasteiger partial charge in [-0.25, -0.2) is 0 Å². The quantitative estimate of drug-likeness (QED) is 0.937. The predicted octanol–water partition coefficient (Wildman–Crippen LogP) is 3.37. The Morgan fingerprint density at radius 1 is 1.35 bits per heavy atom. The van der Waals surface area contributed by atoms with E-state index in [1.807, 2.05) is 23.7 Å². The fourth-order valence-electron chi connectivity index (χ4n) is 3.25. The van der Waals surface area contributed by atoms with Crippen LogP contribution in [0.25, 0.3) is 0 Å². The maximum absolute atomic E-state index is 6.30. The molecule has 0 saturated carbocycles. The molecule has 106 valence electrons. The van der Waals surface area contributed by atoms with Crippen molar-refractivity contribution in [2.24, 2.45) is 5.73 Å². The van der Waals surface area contributed by atoms with Crippen LogP contribution in [0.15, 0.2) is 42.0 Å². The van der Waals surface area contributed by atoms with E-state index in [1.54, 1.807) is 0 Å². The lowest BCUT2D eigenvalue weighted by Crippen LogP contribution is -2.38. The number of rotatable bonds is 4. The third-order valence-corrected chi connectivity index (χ3v) is 5.02. The first-order valence-electron chi connectivity index (χ1n) is 7.22. The molecule has 20 heavy (non-hydrogen) atoms. The summed E-state index contributed by atoms with van der Waals surface area (Å²) in [5.74, 6) is 0. The highest BCUT2D eigenvalue weighted by atomic mass is 32.1. The highest BCUT2D eigenvalue weighted by Gasteiger charge is 2.34. The second-order valence-corrected chi connectivity index (χ2v) is 6.48. The second-order valence-electron chi connectivity index (χ2n) is 5.50. The van der Waals surface area contributed by atoms with E-state index in [0.29, 0.717) is 12.1 Å². The van der Waals surface area contributed by atoms with Crippen molar-refractivity contribution < 1.29 is 0 Å². The third kappa shape index (κ3) is 2.64. The Morgan fingerprint density at radius 3 is 2.80 bits per heavy atom. The van der Waals surface area contributed by atoms with Crippen molar-refractivity contribution in [3.63, 3.8) is 0 Å². The smallest absolute Gasteiger partial charge is 0.0595 e. The molecule has 0 amide bonds. The average Bonchev–Trinajstić information content (AvgIpc) is 3.11. The largest absolute Gasteiger partial charge is 0.326 e. The molecule has 3 unspecified atom stereocenters. The highest BCUT2D eigenvalue weighted by Crippen LogP contribution is 2.40. The monoisotopic (exact) mass is 287 g/mol. The Balaban J connectivity index is 1.90. The van der Waals surface area contributed by atoms with Crippen LogP contribution in [0.4, 0.5) is 0 Å². The number of aromatic nitrogens is 1. The summed E-state index contributed by atoms with van der Waals surface area (Å²) < 4.78 is 0. The van der Waals surface area contributed by atoms with Gasteiger partial charge in [0.15, 0.2) is 0 Å². The molecule has 2 N–H and O–H groups in total. The van der Waals surface area contributed by atoms with Crippen molar-refractivity contribution in [2.45, 2.75) is 37.9 Å². The molecule has 1 aliphatic rings. The van der Waals surface area contributed by atoms with Gasteiger partial charge in [-0.2, -0.15) is 0 Å². The molecule has 1 aliphatic heterocycles. The number of nitrogens with zero attached hydrogens (tertiary/aromatic N) is 2. The van der Waals surface area contributed by atoms with Gasteiger partial charge in [-0.05, 0) is 55.5 Å². The van der Waals surface area contributed by atoms with E-state index < -0.39 is 0 Å². The molecule has 1 fully saturated rings. The second kappa shape index (κ2) is 6.04. The van der Waals surface area contributed by atoms with Crippen LogP contribution in [0.1, 0.15) is 42.3 Å². The Labute approximate surface area is 124 Å². The lowest BCUT2D eigenvalue weighted by atomic mass is 10.0. The number of thiophene rings is 1. The predicted molar refractivity (Wildman–Crippen MR) is 83.6 cm³/mol. The molecule has 3 atom stereocenters. The van der Waals surface area contributed by atoms with Gasteiger partial charge in [0, 0.05) is 29.4 Å². The summed E-state index contributed by atoms with van der Waals surface area (Å²) in [4.78, 5) is 8.08. The van der Waals surface area contributed by atoms with Gasteiger partial charge >= 0.3 is 0 Å². The van der Waals surface area contributed by atoms with Crippen LogP contribution < -0.4 is 5.73 Å². The molecular formula is C16H21N3S. The zero-order chi connectivity index (χ0) is 13.9. The van der Waals surface area contributed by atoms with Crippen molar-refractivity contribution in [3.8, 4) is 0 Å². The molecule has 0 spiro atoms. The molecular weight excluding hydrogens is 266 g/mol. The summed E-state index contributed by atoms with van der Waals surface area (Å²) >= 11 is 1.81. The molecule has 4 heteroatoms. The van der Waals surface area contributed by atoms with Gasteiger partial charge < -0.3 is 5.73 Å². The molecule has 0 bridgehead atoms. The van der Waals surface area contributed by atoms with Gasteiger partial charge in [-0.1, -0.05) is 6.07 Å². The van der Waals surface area contributed by atoms with E-state index in [1.165, 1.54) is 23.3 Å². The van der Waals surface area contributed by atoms with Crippen molar-refractivity contribution in [1.29, 1.82) is 0 Å². The van der Waals surface area contributed by atoms with E-state index in [-0.39, 0.29) is 6.04 Å². The Morgan fingerprint density at radius 2 is 2.15 bits per heavy atom. The summed E-state index contributed by atoms with van der Waals surface area (Å²) in [6.07, 6.45) is 6.22. The van der Waals surface area contributed by atoms with Crippen LogP contribution in [0.5, 0.6) is 0 Å². The SMILES string of the molecule is CC(N)C(c1cccs1)N1CCCC1c1ccncc1. The zero-order valence-corrected chi connectivity index (χ0v) is 12.6. The normalized spacial score (nSPS) is 22.8. The zero-order valence-electron chi connectivity index (χ0n) is 11.8. The fraction of sp³-hybridized carbons (Fsp3) is 0.438. The number of pyridine rings is 1. The van der Waals surface area contributed by atoms with Crippen LogP contribution in [0, 0.1) is 0 Å². The van der Waals surface area contributed by atoms with E-state index >= 15 is 0 Å². The first-order valence-corrected chi connectivity index (χ1v) is 8.10. The maximum Gasteiger partial charge on any atom is 0.0595 e. The maximum atomic E-state index is 6.30. The van der Waals surface area contributed by atoms with Gasteiger partial charge in [0.05, 0.1) is 6.04 Å². The van der Waals surface area contributed by atoms with Crippen molar-refractivity contribution in [2.75, 3.05) is 6.54 Å². The number of hydrogen-bond acceptors (Lipinski definition) is 4. The first-order chi connectivity index (χ1) is 9.77. The summed E-state index contributed by atoms with van der Waals surface area (Å²) in [7, 11) is 0. The van der Waals surface area contributed by atoms with E-state index in [0.717, 1.165) is 6.54 Å². The van der Waals surface area contributed by atoms with Crippen LogP contribution in [0.2, 0.25) is 0 Å². The van der Waals surface area contributed by atoms with Gasteiger partial charge in [0.25, 0.3) is 0 Å². The Kier molecular flexibility index (Phi) is 4.15. The summed E-state index contributed by atoms with van der Waals surface area (Å²) in [5.41, 5.74) is 7.66. The number of likely N-dealkylation sites (tertiary alicyclic amines) is 1. The minimum absolute atomic E-state index is 0.135. The molecule has 0 radical (unpaired) electrons. The average molecular weight is 287 g/mol. The lowest BCUT2D eigenvalue weighted by Gasteiger charge is -2.35. The molecule has 2 aromatic heterocycles. The van der Waals surface area contributed by atoms with Crippen LogP contribution in [-0.2, 0) is 0 Å². The van der Waals surface area contributed by atoms with Crippen LogP contribution in [0.3, 0.4) is 0 Å². The number of nitrogens with two attached hydrogens (primary N) is 1. The Bertz CT molecular complexity index is 524. The van der Waals surface area contributed by atoms with Crippen LogP contribution >= 0.6 is 11.3 Å². The minimum atomic E-state index is 0.135. The van der Waals surface area contributed by atoms with Crippen molar-refractivity contribution >= 4 is 11.3 Å². The van der Waals surface area contributed by atoms with Crippen molar-refractivity contribution in [3.05, 3.63) is 52.5 Å². The third-order valence-electron chi connectivity index (χ3n) is 4.08. The van der Waals surface area contributed by atoms with Crippen LogP contribution in [-0.4, -0.2) is 22.5 Å². The van der Waals surface area contributed by atoms with Gasteiger partial charge in [0.1, 0.15) is 0 Å². The van der Waals surface area contributed by atoms with E-state index in [2.05, 4.69) is 46.5 Å². The molecule has 3 nitrogen and oxygen atoms in total. The van der Waals surface area contributed by atoms with Crippen molar-refractivity contribution in [1.82, 2.24) is 9.88 Å². The lowest BCUT2D eigenvalue weighted by molar-refractivity contribution is 0.163. The molecule has 2 aromatic rings. The Hall–Kier alpha value is -1.23. The summed E-state index contributed by atoms with van der Waals surface area (Å²) in [6.45, 7) is 3.24. The number of hydrogen-bond donors (Lipinski definition) is 1. The van der Waals surface area contributed by atoms with Gasteiger partial charge in [-0.15, -0.1) is 11.3 Å². The highest BCUT2D eigenvalue weighted by molar-refractivity contribution is 7.10. The van der Waals surface area contributed by atoms with E-state index in [4.69, 9.17) is 5.73 Å². The molecule has 3 rings (SSSR count). The first kappa shape index (κ1) is 13.7. The molecule has 3 heterocycles. The molecule has 0 aromatic carbocycles.